The standard InChI is InChI=1S/C18H26N4O3S/c1-4-13(2)14-6-8-15(9-7-14)19-16(23)12-26-18-21-20-17(24)22(18)10-5-11-25-3/h6-9,13H,4-5,10-12H2,1-3H3,(H,19,23)(H,20,24). The lowest BCUT2D eigenvalue weighted by atomic mass is 9.99. The molecule has 0 aliphatic carbocycles. The summed E-state index contributed by atoms with van der Waals surface area (Å²) in [5.41, 5.74) is 1.75. The smallest absolute Gasteiger partial charge is 0.343 e. The summed E-state index contributed by atoms with van der Waals surface area (Å²) in [7, 11) is 1.62. The summed E-state index contributed by atoms with van der Waals surface area (Å²) in [6.07, 6.45) is 1.79. The number of ether oxygens (including phenoxy) is 1. The van der Waals surface area contributed by atoms with Crippen LogP contribution < -0.4 is 11.0 Å². The number of hydrogen-bond donors (Lipinski definition) is 2. The minimum atomic E-state index is -0.273. The maximum Gasteiger partial charge on any atom is 0.343 e. The molecule has 0 spiro atoms. The molecule has 1 aromatic carbocycles. The van der Waals surface area contributed by atoms with Crippen molar-refractivity contribution in [2.45, 2.75) is 44.3 Å². The van der Waals surface area contributed by atoms with Crippen LogP contribution in [0.25, 0.3) is 0 Å². The number of benzene rings is 1. The zero-order chi connectivity index (χ0) is 18.9. The van der Waals surface area contributed by atoms with Crippen molar-refractivity contribution in [2.24, 2.45) is 0 Å². The quantitative estimate of drug-likeness (QED) is 0.490. The average molecular weight is 378 g/mol. The van der Waals surface area contributed by atoms with Crippen LogP contribution in [0.2, 0.25) is 0 Å². The van der Waals surface area contributed by atoms with Crippen molar-refractivity contribution in [3.8, 4) is 0 Å². The molecule has 0 fully saturated rings. The first-order valence-electron chi connectivity index (χ1n) is 8.71. The Balaban J connectivity index is 1.88. The molecule has 1 aromatic heterocycles. The number of aromatic amines is 1. The SMILES string of the molecule is CCC(C)c1ccc(NC(=O)CSc2n[nH]c(=O)n2CCCOC)cc1. The van der Waals surface area contributed by atoms with Gasteiger partial charge in [-0.2, -0.15) is 0 Å². The Morgan fingerprint density at radius 1 is 1.38 bits per heavy atom. The maximum atomic E-state index is 12.2. The Labute approximate surface area is 157 Å². The molecular weight excluding hydrogens is 352 g/mol. The molecule has 8 heteroatoms. The molecule has 1 amide bonds. The second-order valence-electron chi connectivity index (χ2n) is 6.08. The van der Waals surface area contributed by atoms with Crippen LogP contribution in [0.5, 0.6) is 0 Å². The number of carbonyl (C=O) groups excluding carboxylic acids is 1. The molecule has 1 unspecified atom stereocenters. The number of carbonyl (C=O) groups is 1. The molecule has 0 aliphatic heterocycles. The molecule has 0 saturated carbocycles. The molecule has 2 rings (SSSR count). The predicted octanol–water partition coefficient (Wildman–Crippen LogP) is 2.85. The molecule has 1 atom stereocenters. The molecule has 0 saturated heterocycles. The number of methoxy groups -OCH3 is 1. The van der Waals surface area contributed by atoms with E-state index in [4.69, 9.17) is 4.74 Å². The first-order valence-corrected chi connectivity index (χ1v) is 9.70. The minimum Gasteiger partial charge on any atom is -0.385 e. The van der Waals surface area contributed by atoms with Crippen molar-refractivity contribution in [1.29, 1.82) is 0 Å². The number of amides is 1. The Kier molecular flexibility index (Phi) is 7.93. The van der Waals surface area contributed by atoms with E-state index in [9.17, 15) is 9.59 Å². The summed E-state index contributed by atoms with van der Waals surface area (Å²) in [5, 5.41) is 9.78. The zero-order valence-corrected chi connectivity index (χ0v) is 16.3. The molecule has 142 valence electrons. The number of anilines is 1. The van der Waals surface area contributed by atoms with E-state index < -0.39 is 0 Å². The molecule has 0 radical (unpaired) electrons. The van der Waals surface area contributed by atoms with Gasteiger partial charge in [0.1, 0.15) is 0 Å². The molecular formula is C18H26N4O3S. The lowest BCUT2D eigenvalue weighted by Gasteiger charge is -2.10. The minimum absolute atomic E-state index is 0.134. The van der Waals surface area contributed by atoms with E-state index in [1.807, 2.05) is 24.3 Å². The van der Waals surface area contributed by atoms with Crippen LogP contribution in [-0.4, -0.2) is 40.1 Å². The highest BCUT2D eigenvalue weighted by Gasteiger charge is 2.11. The molecule has 26 heavy (non-hydrogen) atoms. The monoisotopic (exact) mass is 378 g/mol. The maximum absolute atomic E-state index is 12.2. The van der Waals surface area contributed by atoms with Crippen LogP contribution in [0.1, 0.15) is 38.2 Å². The van der Waals surface area contributed by atoms with Gasteiger partial charge in [-0.25, -0.2) is 9.89 Å². The molecule has 7 nitrogen and oxygen atoms in total. The summed E-state index contributed by atoms with van der Waals surface area (Å²) in [4.78, 5) is 23.9. The highest BCUT2D eigenvalue weighted by molar-refractivity contribution is 7.99. The Bertz CT molecular complexity index is 755. The fraction of sp³-hybridized carbons (Fsp3) is 0.500. The van der Waals surface area contributed by atoms with Gasteiger partial charge in [0, 0.05) is 25.9 Å². The normalized spacial score (nSPS) is 12.1. The van der Waals surface area contributed by atoms with Crippen molar-refractivity contribution in [3.05, 3.63) is 40.3 Å². The van der Waals surface area contributed by atoms with Crippen molar-refractivity contribution in [2.75, 3.05) is 24.8 Å². The van der Waals surface area contributed by atoms with Crippen LogP contribution in [0.3, 0.4) is 0 Å². The number of thioether (sulfide) groups is 1. The van der Waals surface area contributed by atoms with E-state index >= 15 is 0 Å². The molecule has 1 heterocycles. The lowest BCUT2D eigenvalue weighted by Crippen LogP contribution is -2.19. The third-order valence-corrected chi connectivity index (χ3v) is 5.14. The number of rotatable bonds is 10. The van der Waals surface area contributed by atoms with Crippen molar-refractivity contribution >= 4 is 23.4 Å². The van der Waals surface area contributed by atoms with Gasteiger partial charge in [0.05, 0.1) is 5.75 Å². The molecule has 0 aliphatic rings. The lowest BCUT2D eigenvalue weighted by molar-refractivity contribution is -0.113. The average Bonchev–Trinajstić information content (AvgIpc) is 3.00. The Morgan fingerprint density at radius 2 is 2.12 bits per heavy atom. The van der Waals surface area contributed by atoms with E-state index in [0.717, 1.165) is 12.1 Å². The van der Waals surface area contributed by atoms with Gasteiger partial charge in [-0.15, -0.1) is 5.10 Å². The van der Waals surface area contributed by atoms with Crippen LogP contribution in [0.4, 0.5) is 5.69 Å². The number of aromatic nitrogens is 3. The van der Waals surface area contributed by atoms with Gasteiger partial charge in [-0.3, -0.25) is 9.36 Å². The fourth-order valence-electron chi connectivity index (χ4n) is 2.44. The summed E-state index contributed by atoms with van der Waals surface area (Å²) in [6, 6.07) is 7.91. The highest BCUT2D eigenvalue weighted by Crippen LogP contribution is 2.21. The first-order chi connectivity index (χ1) is 12.5. The van der Waals surface area contributed by atoms with E-state index in [1.165, 1.54) is 21.9 Å². The van der Waals surface area contributed by atoms with Gasteiger partial charge >= 0.3 is 5.69 Å². The van der Waals surface area contributed by atoms with Gasteiger partial charge in [0.15, 0.2) is 5.16 Å². The van der Waals surface area contributed by atoms with Crippen molar-refractivity contribution in [3.63, 3.8) is 0 Å². The number of nitrogens with zero attached hydrogens (tertiary/aromatic N) is 2. The topological polar surface area (TPSA) is 89.0 Å². The third-order valence-electron chi connectivity index (χ3n) is 4.16. The van der Waals surface area contributed by atoms with Crippen molar-refractivity contribution < 1.29 is 9.53 Å². The third kappa shape index (κ3) is 5.74. The Hall–Kier alpha value is -2.06. The summed E-state index contributed by atoms with van der Waals surface area (Å²) < 4.78 is 6.52. The fourth-order valence-corrected chi connectivity index (χ4v) is 3.21. The van der Waals surface area contributed by atoms with Gasteiger partial charge in [0.25, 0.3) is 0 Å². The van der Waals surface area contributed by atoms with Crippen LogP contribution in [0, 0.1) is 0 Å². The van der Waals surface area contributed by atoms with Gasteiger partial charge in [0.2, 0.25) is 5.91 Å². The number of nitrogens with one attached hydrogen (secondary N) is 2. The van der Waals surface area contributed by atoms with Gasteiger partial charge < -0.3 is 10.1 Å². The second-order valence-corrected chi connectivity index (χ2v) is 7.02. The Morgan fingerprint density at radius 3 is 2.77 bits per heavy atom. The van der Waals surface area contributed by atoms with Gasteiger partial charge in [-0.05, 0) is 36.5 Å². The van der Waals surface area contributed by atoms with Crippen LogP contribution in [0.15, 0.2) is 34.2 Å². The van der Waals surface area contributed by atoms with E-state index in [1.54, 1.807) is 7.11 Å². The molecule has 0 bridgehead atoms. The van der Waals surface area contributed by atoms with Crippen molar-refractivity contribution in [1.82, 2.24) is 14.8 Å². The van der Waals surface area contributed by atoms with Crippen LogP contribution in [-0.2, 0) is 16.1 Å². The molecule has 2 aromatic rings. The first kappa shape index (κ1) is 20.3. The number of H-pyrrole nitrogens is 1. The highest BCUT2D eigenvalue weighted by atomic mass is 32.2. The number of hydrogen-bond acceptors (Lipinski definition) is 5. The van der Waals surface area contributed by atoms with E-state index in [2.05, 4.69) is 29.4 Å². The summed E-state index contributed by atoms with van der Waals surface area (Å²) >= 11 is 1.23. The largest absolute Gasteiger partial charge is 0.385 e. The van der Waals surface area contributed by atoms with E-state index in [0.29, 0.717) is 30.6 Å². The predicted molar refractivity (Wildman–Crippen MR) is 104 cm³/mol. The van der Waals surface area contributed by atoms with Gasteiger partial charge in [-0.1, -0.05) is 37.7 Å². The van der Waals surface area contributed by atoms with E-state index in [-0.39, 0.29) is 17.3 Å². The van der Waals surface area contributed by atoms with Crippen LogP contribution >= 0.6 is 11.8 Å². The zero-order valence-electron chi connectivity index (χ0n) is 15.4. The second kappa shape index (κ2) is 10.2. The molecule has 2 N–H and O–H groups in total. The summed E-state index contributed by atoms with van der Waals surface area (Å²) in [6.45, 7) is 5.40. The summed E-state index contributed by atoms with van der Waals surface area (Å²) in [5.74, 6) is 0.553.